The van der Waals surface area contributed by atoms with Gasteiger partial charge in [-0.15, -0.1) is 3.89 Å². The summed E-state index contributed by atoms with van der Waals surface area (Å²) in [6.45, 7) is 1.84. The summed E-state index contributed by atoms with van der Waals surface area (Å²) in [6.07, 6.45) is 5.71. The first kappa shape index (κ1) is 11.0. The van der Waals surface area contributed by atoms with Crippen molar-refractivity contribution >= 4 is 10.2 Å². The van der Waals surface area contributed by atoms with E-state index >= 15 is 0 Å². The lowest BCUT2D eigenvalue weighted by Crippen LogP contribution is -2.21. The summed E-state index contributed by atoms with van der Waals surface area (Å²) in [5, 5.41) is 0. The lowest BCUT2D eigenvalue weighted by Gasteiger charge is -2.26. The van der Waals surface area contributed by atoms with Crippen LogP contribution in [0.4, 0.5) is 3.89 Å². The maximum atomic E-state index is 12.4. The molecule has 4 heteroatoms. The van der Waals surface area contributed by atoms with Crippen molar-refractivity contribution < 1.29 is 12.3 Å². The summed E-state index contributed by atoms with van der Waals surface area (Å²) in [4.78, 5) is 0. The van der Waals surface area contributed by atoms with Crippen molar-refractivity contribution in [2.24, 2.45) is 11.8 Å². The van der Waals surface area contributed by atoms with Crippen LogP contribution >= 0.6 is 0 Å². The van der Waals surface area contributed by atoms with Crippen molar-refractivity contribution in [1.29, 1.82) is 0 Å². The maximum absolute atomic E-state index is 12.4. The Balaban J connectivity index is 2.42. The third kappa shape index (κ3) is 4.07. The highest BCUT2D eigenvalue weighted by Gasteiger charge is 2.24. The third-order valence-corrected chi connectivity index (χ3v) is 3.84. The first-order valence-corrected chi connectivity index (χ1v) is 6.46. The van der Waals surface area contributed by atoms with E-state index < -0.39 is 10.2 Å². The molecule has 1 aliphatic rings. The Hall–Kier alpha value is -0.120. The van der Waals surface area contributed by atoms with Gasteiger partial charge in [0.05, 0.1) is 5.75 Å². The van der Waals surface area contributed by atoms with Gasteiger partial charge in [-0.3, -0.25) is 0 Å². The minimum atomic E-state index is -4.27. The molecule has 0 aromatic heterocycles. The highest BCUT2D eigenvalue weighted by molar-refractivity contribution is 7.86. The van der Waals surface area contributed by atoms with E-state index in [1.54, 1.807) is 0 Å². The van der Waals surface area contributed by atoms with Crippen LogP contribution < -0.4 is 0 Å². The van der Waals surface area contributed by atoms with Crippen molar-refractivity contribution in [3.05, 3.63) is 0 Å². The topological polar surface area (TPSA) is 34.1 Å². The van der Waals surface area contributed by atoms with Gasteiger partial charge >= 0.3 is 10.2 Å². The van der Waals surface area contributed by atoms with Crippen LogP contribution in [0, 0.1) is 11.8 Å². The fourth-order valence-electron chi connectivity index (χ4n) is 2.15. The molecule has 0 radical (unpaired) electrons. The Labute approximate surface area is 79.7 Å². The summed E-state index contributed by atoms with van der Waals surface area (Å²) in [5.74, 6) is 0.104. The van der Waals surface area contributed by atoms with Gasteiger partial charge in [-0.1, -0.05) is 39.0 Å². The van der Waals surface area contributed by atoms with Gasteiger partial charge in [0, 0.05) is 0 Å². The molecule has 1 aliphatic carbocycles. The summed E-state index contributed by atoms with van der Waals surface area (Å²) in [5.41, 5.74) is 0. The number of halogens is 1. The van der Waals surface area contributed by atoms with Gasteiger partial charge in [-0.25, -0.2) is 0 Å². The molecule has 0 heterocycles. The molecule has 0 aromatic carbocycles. The number of hydrogen-bond donors (Lipinski definition) is 0. The molecule has 0 aromatic rings. The Kier molecular flexibility index (Phi) is 3.71. The van der Waals surface area contributed by atoms with E-state index in [0.29, 0.717) is 5.92 Å². The molecular formula is C9H17FO2S. The Morgan fingerprint density at radius 1 is 1.31 bits per heavy atom. The number of hydrogen-bond acceptors (Lipinski definition) is 2. The van der Waals surface area contributed by atoms with Crippen LogP contribution in [0.2, 0.25) is 0 Å². The summed E-state index contributed by atoms with van der Waals surface area (Å²) in [7, 11) is -4.27. The molecule has 1 saturated carbocycles. The van der Waals surface area contributed by atoms with Crippen LogP contribution in [0.5, 0.6) is 0 Å². The summed E-state index contributed by atoms with van der Waals surface area (Å²) in [6, 6.07) is 0. The summed E-state index contributed by atoms with van der Waals surface area (Å²) >= 11 is 0. The Morgan fingerprint density at radius 3 is 2.31 bits per heavy atom. The van der Waals surface area contributed by atoms with E-state index in [1.165, 1.54) is 19.3 Å². The molecule has 0 saturated heterocycles. The van der Waals surface area contributed by atoms with E-state index in [1.807, 2.05) is 6.92 Å². The van der Waals surface area contributed by atoms with Crippen LogP contribution in [0.1, 0.15) is 39.0 Å². The fraction of sp³-hybridized carbons (Fsp3) is 1.00. The molecule has 1 rings (SSSR count). The predicted octanol–water partition coefficient (Wildman–Crippen LogP) is 2.50. The standard InChI is InChI=1S/C9H17FO2S/c1-8(7-13(10,11)12)9-5-3-2-4-6-9/h8-9H,2-7H2,1H3. The molecular weight excluding hydrogens is 191 g/mol. The first-order valence-electron chi connectivity index (χ1n) is 4.91. The predicted molar refractivity (Wildman–Crippen MR) is 50.6 cm³/mol. The second-order valence-corrected chi connectivity index (χ2v) is 5.49. The molecule has 0 N–H and O–H groups in total. The zero-order chi connectivity index (χ0) is 9.90. The maximum Gasteiger partial charge on any atom is 0.302 e. The number of rotatable bonds is 3. The minimum Gasteiger partial charge on any atom is -0.195 e. The van der Waals surface area contributed by atoms with Crippen molar-refractivity contribution in [1.82, 2.24) is 0 Å². The van der Waals surface area contributed by atoms with E-state index in [4.69, 9.17) is 0 Å². The minimum absolute atomic E-state index is 0.0182. The van der Waals surface area contributed by atoms with E-state index in [-0.39, 0.29) is 11.7 Å². The van der Waals surface area contributed by atoms with Crippen molar-refractivity contribution in [3.8, 4) is 0 Å². The Morgan fingerprint density at radius 2 is 1.85 bits per heavy atom. The zero-order valence-electron chi connectivity index (χ0n) is 8.00. The van der Waals surface area contributed by atoms with Crippen molar-refractivity contribution in [2.75, 3.05) is 5.75 Å². The average molecular weight is 208 g/mol. The van der Waals surface area contributed by atoms with Crippen molar-refractivity contribution in [3.63, 3.8) is 0 Å². The second kappa shape index (κ2) is 4.40. The lowest BCUT2D eigenvalue weighted by molar-refractivity contribution is 0.279. The largest absolute Gasteiger partial charge is 0.302 e. The third-order valence-electron chi connectivity index (χ3n) is 2.92. The highest BCUT2D eigenvalue weighted by atomic mass is 32.3. The van der Waals surface area contributed by atoms with E-state index in [9.17, 15) is 12.3 Å². The van der Waals surface area contributed by atoms with Gasteiger partial charge in [0.25, 0.3) is 0 Å². The van der Waals surface area contributed by atoms with Gasteiger partial charge in [0.1, 0.15) is 0 Å². The summed E-state index contributed by atoms with van der Waals surface area (Å²) < 4.78 is 33.2. The molecule has 1 atom stereocenters. The SMILES string of the molecule is CC(CS(=O)(=O)F)C1CCCCC1. The molecule has 0 aliphatic heterocycles. The highest BCUT2D eigenvalue weighted by Crippen LogP contribution is 2.30. The Bertz CT molecular complexity index is 242. The molecule has 0 amide bonds. The van der Waals surface area contributed by atoms with Crippen LogP contribution in [-0.2, 0) is 10.2 Å². The molecule has 13 heavy (non-hydrogen) atoms. The average Bonchev–Trinajstić information content (AvgIpc) is 2.03. The smallest absolute Gasteiger partial charge is 0.195 e. The molecule has 2 nitrogen and oxygen atoms in total. The van der Waals surface area contributed by atoms with Crippen LogP contribution in [0.25, 0.3) is 0 Å². The molecule has 0 spiro atoms. The molecule has 1 unspecified atom stereocenters. The van der Waals surface area contributed by atoms with Crippen LogP contribution in [-0.4, -0.2) is 14.2 Å². The van der Waals surface area contributed by atoms with Gasteiger partial charge in [0.15, 0.2) is 0 Å². The normalized spacial score (nSPS) is 22.9. The first-order chi connectivity index (χ1) is 5.99. The zero-order valence-corrected chi connectivity index (χ0v) is 8.82. The molecule has 78 valence electrons. The lowest BCUT2D eigenvalue weighted by atomic mass is 9.82. The monoisotopic (exact) mass is 208 g/mol. The van der Waals surface area contributed by atoms with Crippen LogP contribution in [0.15, 0.2) is 0 Å². The van der Waals surface area contributed by atoms with E-state index in [2.05, 4.69) is 0 Å². The van der Waals surface area contributed by atoms with Crippen molar-refractivity contribution in [2.45, 2.75) is 39.0 Å². The fourth-order valence-corrected chi connectivity index (χ4v) is 3.05. The molecule has 0 bridgehead atoms. The van der Waals surface area contributed by atoms with Gasteiger partial charge < -0.3 is 0 Å². The van der Waals surface area contributed by atoms with Gasteiger partial charge in [0.2, 0.25) is 0 Å². The molecule has 1 fully saturated rings. The second-order valence-electron chi connectivity index (χ2n) is 4.08. The van der Waals surface area contributed by atoms with Gasteiger partial charge in [-0.2, -0.15) is 8.42 Å². The van der Waals surface area contributed by atoms with Gasteiger partial charge in [-0.05, 0) is 11.8 Å². The quantitative estimate of drug-likeness (QED) is 0.668. The van der Waals surface area contributed by atoms with Crippen LogP contribution in [0.3, 0.4) is 0 Å². The van der Waals surface area contributed by atoms with E-state index in [0.717, 1.165) is 12.8 Å².